The van der Waals surface area contributed by atoms with Gasteiger partial charge in [0, 0.05) is 6.54 Å². The highest BCUT2D eigenvalue weighted by Gasteiger charge is 2.32. The monoisotopic (exact) mass is 357 g/mol. The van der Waals surface area contributed by atoms with Crippen molar-refractivity contribution in [1.82, 2.24) is 5.32 Å². The molecular weight excluding hydrogens is 326 g/mol. The fraction of sp³-hybridized carbons (Fsp3) is 0.833. The first-order valence-corrected chi connectivity index (χ1v) is 9.16. The summed E-state index contributed by atoms with van der Waals surface area (Å²) in [6.45, 7) is 8.58. The number of hydrogen-bond acceptors (Lipinski definition) is 6. The van der Waals surface area contributed by atoms with Crippen LogP contribution in [-0.2, 0) is 28.5 Å². The highest BCUT2D eigenvalue weighted by Crippen LogP contribution is 2.28. The molecule has 2 aliphatic rings. The van der Waals surface area contributed by atoms with Gasteiger partial charge in [-0.25, -0.2) is 0 Å². The second-order valence-electron chi connectivity index (χ2n) is 6.28. The molecular formula is C18H31NO6. The molecule has 1 amide bonds. The van der Waals surface area contributed by atoms with Crippen LogP contribution in [0.25, 0.3) is 0 Å². The van der Waals surface area contributed by atoms with Crippen LogP contribution in [-0.4, -0.2) is 77.5 Å². The van der Waals surface area contributed by atoms with Crippen molar-refractivity contribution in [1.29, 1.82) is 0 Å². The van der Waals surface area contributed by atoms with E-state index in [0.29, 0.717) is 65.3 Å². The molecule has 2 fully saturated rings. The van der Waals surface area contributed by atoms with Crippen LogP contribution in [0.5, 0.6) is 0 Å². The molecule has 1 N–H and O–H groups in total. The van der Waals surface area contributed by atoms with E-state index >= 15 is 0 Å². The summed E-state index contributed by atoms with van der Waals surface area (Å²) in [6.07, 6.45) is 4.18. The average Bonchev–Trinajstić information content (AvgIpc) is 2.64. The van der Waals surface area contributed by atoms with E-state index in [1.165, 1.54) is 6.08 Å². The number of amides is 1. The molecule has 1 aliphatic carbocycles. The zero-order valence-corrected chi connectivity index (χ0v) is 15.0. The lowest BCUT2D eigenvalue weighted by atomic mass is 9.85. The summed E-state index contributed by atoms with van der Waals surface area (Å²) in [5.41, 5.74) is 0. The molecule has 3 unspecified atom stereocenters. The van der Waals surface area contributed by atoms with Crippen molar-refractivity contribution < 1.29 is 28.5 Å². The SMILES string of the molecule is C=CC(=O)NCC1CCC2OCCOCCOCCOCCOC2C1. The summed E-state index contributed by atoms with van der Waals surface area (Å²) in [6, 6.07) is 0. The van der Waals surface area contributed by atoms with E-state index in [1.54, 1.807) is 0 Å². The van der Waals surface area contributed by atoms with Crippen LogP contribution in [0, 0.1) is 5.92 Å². The summed E-state index contributed by atoms with van der Waals surface area (Å²) < 4.78 is 28.4. The quantitative estimate of drug-likeness (QED) is 0.757. The molecule has 0 aromatic heterocycles. The normalized spacial score (nSPS) is 30.3. The Bertz CT molecular complexity index is 392. The van der Waals surface area contributed by atoms with E-state index in [2.05, 4.69) is 11.9 Å². The number of carbonyl (C=O) groups is 1. The van der Waals surface area contributed by atoms with E-state index in [9.17, 15) is 4.79 Å². The largest absolute Gasteiger partial charge is 0.377 e. The number of hydrogen-bond donors (Lipinski definition) is 1. The first kappa shape index (κ1) is 20.3. The van der Waals surface area contributed by atoms with Crippen molar-refractivity contribution in [3.05, 3.63) is 12.7 Å². The molecule has 3 atom stereocenters. The number of rotatable bonds is 3. The van der Waals surface area contributed by atoms with E-state index in [1.807, 2.05) is 0 Å². The summed E-state index contributed by atoms with van der Waals surface area (Å²) in [5, 5.41) is 2.88. The Morgan fingerprint density at radius 2 is 1.44 bits per heavy atom. The number of ether oxygens (including phenoxy) is 5. The van der Waals surface area contributed by atoms with Gasteiger partial charge in [-0.3, -0.25) is 4.79 Å². The van der Waals surface area contributed by atoms with Gasteiger partial charge in [-0.1, -0.05) is 6.58 Å². The predicted octanol–water partition coefficient (Wildman–Crippen LogP) is 0.923. The van der Waals surface area contributed by atoms with Crippen molar-refractivity contribution in [2.24, 2.45) is 5.92 Å². The van der Waals surface area contributed by atoms with Crippen LogP contribution < -0.4 is 5.32 Å². The molecule has 144 valence electrons. The molecule has 0 bridgehead atoms. The molecule has 1 aliphatic heterocycles. The summed E-state index contributed by atoms with van der Waals surface area (Å²) in [7, 11) is 0. The molecule has 1 saturated carbocycles. The minimum Gasteiger partial charge on any atom is -0.377 e. The third kappa shape index (κ3) is 8.29. The Labute approximate surface area is 150 Å². The lowest BCUT2D eigenvalue weighted by Gasteiger charge is -2.36. The number of carbonyl (C=O) groups excluding carboxylic acids is 1. The molecule has 1 saturated heterocycles. The van der Waals surface area contributed by atoms with Crippen LogP contribution in [0.1, 0.15) is 19.3 Å². The van der Waals surface area contributed by atoms with E-state index < -0.39 is 0 Å². The molecule has 25 heavy (non-hydrogen) atoms. The molecule has 0 spiro atoms. The van der Waals surface area contributed by atoms with Gasteiger partial charge >= 0.3 is 0 Å². The van der Waals surface area contributed by atoms with Gasteiger partial charge in [0.25, 0.3) is 0 Å². The zero-order valence-electron chi connectivity index (χ0n) is 15.0. The summed E-state index contributed by atoms with van der Waals surface area (Å²) in [5.74, 6) is 0.260. The fourth-order valence-electron chi connectivity index (χ4n) is 3.11. The Balaban J connectivity index is 1.81. The fourth-order valence-corrected chi connectivity index (χ4v) is 3.11. The van der Waals surface area contributed by atoms with Gasteiger partial charge in [0.15, 0.2) is 0 Å². The van der Waals surface area contributed by atoms with Gasteiger partial charge in [-0.05, 0) is 31.3 Å². The summed E-state index contributed by atoms with van der Waals surface area (Å²) >= 11 is 0. The van der Waals surface area contributed by atoms with Crippen LogP contribution >= 0.6 is 0 Å². The Hall–Kier alpha value is -0.990. The van der Waals surface area contributed by atoms with Crippen molar-refractivity contribution in [2.75, 3.05) is 59.4 Å². The smallest absolute Gasteiger partial charge is 0.243 e. The van der Waals surface area contributed by atoms with Crippen LogP contribution in [0.3, 0.4) is 0 Å². The van der Waals surface area contributed by atoms with Crippen molar-refractivity contribution in [3.8, 4) is 0 Å². The Kier molecular flexibility index (Phi) is 10.1. The maximum absolute atomic E-state index is 11.4. The zero-order chi connectivity index (χ0) is 17.7. The summed E-state index contributed by atoms with van der Waals surface area (Å²) in [4.78, 5) is 11.4. The Morgan fingerprint density at radius 1 is 0.880 bits per heavy atom. The molecule has 1 heterocycles. The maximum Gasteiger partial charge on any atom is 0.243 e. The first-order chi connectivity index (χ1) is 12.3. The van der Waals surface area contributed by atoms with Crippen molar-refractivity contribution >= 4 is 5.91 Å². The minimum absolute atomic E-state index is 0.0179. The second-order valence-corrected chi connectivity index (χ2v) is 6.28. The molecule has 7 heteroatoms. The standard InChI is InChI=1S/C18H31NO6/c1-2-18(20)19-14-15-3-4-16-17(13-15)25-12-10-23-8-6-21-5-7-22-9-11-24-16/h2,15-17H,1,3-14H2,(H,19,20). The van der Waals surface area contributed by atoms with E-state index in [0.717, 1.165) is 19.3 Å². The first-order valence-electron chi connectivity index (χ1n) is 9.16. The third-order valence-corrected chi connectivity index (χ3v) is 4.45. The topological polar surface area (TPSA) is 75.3 Å². The van der Waals surface area contributed by atoms with Crippen molar-refractivity contribution in [2.45, 2.75) is 31.5 Å². The number of fused-ring (bicyclic) bond motifs is 1. The van der Waals surface area contributed by atoms with E-state index in [4.69, 9.17) is 23.7 Å². The molecule has 0 aromatic carbocycles. The second kappa shape index (κ2) is 12.4. The van der Waals surface area contributed by atoms with Crippen LogP contribution in [0.4, 0.5) is 0 Å². The maximum atomic E-state index is 11.4. The average molecular weight is 357 g/mol. The highest BCUT2D eigenvalue weighted by molar-refractivity contribution is 5.86. The van der Waals surface area contributed by atoms with Gasteiger partial charge in [-0.2, -0.15) is 0 Å². The third-order valence-electron chi connectivity index (χ3n) is 4.45. The van der Waals surface area contributed by atoms with Gasteiger partial charge in [0.2, 0.25) is 5.91 Å². The van der Waals surface area contributed by atoms with Crippen molar-refractivity contribution in [3.63, 3.8) is 0 Å². The molecule has 2 rings (SSSR count). The number of nitrogens with one attached hydrogen (secondary N) is 1. The minimum atomic E-state index is -0.130. The lowest BCUT2D eigenvalue weighted by molar-refractivity contribution is -0.121. The predicted molar refractivity (Wildman–Crippen MR) is 92.5 cm³/mol. The highest BCUT2D eigenvalue weighted by atomic mass is 16.6. The van der Waals surface area contributed by atoms with Crippen LogP contribution in [0.15, 0.2) is 12.7 Å². The van der Waals surface area contributed by atoms with Gasteiger partial charge < -0.3 is 29.0 Å². The lowest BCUT2D eigenvalue weighted by Crippen LogP contribution is -2.42. The van der Waals surface area contributed by atoms with Crippen LogP contribution in [0.2, 0.25) is 0 Å². The molecule has 0 aromatic rings. The van der Waals surface area contributed by atoms with E-state index in [-0.39, 0.29) is 18.1 Å². The van der Waals surface area contributed by atoms with Gasteiger partial charge in [-0.15, -0.1) is 0 Å². The molecule has 0 radical (unpaired) electrons. The van der Waals surface area contributed by atoms with Gasteiger partial charge in [0.1, 0.15) is 0 Å². The Morgan fingerprint density at radius 3 is 2.04 bits per heavy atom. The van der Waals surface area contributed by atoms with Gasteiger partial charge in [0.05, 0.1) is 65.1 Å². The molecule has 7 nitrogen and oxygen atoms in total.